The number of hydrogen-bond donors (Lipinski definition) is 0. The molecule has 2 aliphatic rings. The van der Waals surface area contributed by atoms with Crippen molar-refractivity contribution < 1.29 is 14.3 Å². The van der Waals surface area contributed by atoms with Crippen LogP contribution in [0.1, 0.15) is 48.4 Å². The molecule has 2 aromatic rings. The molecule has 1 fully saturated rings. The van der Waals surface area contributed by atoms with Crippen molar-refractivity contribution in [2.24, 2.45) is 0 Å². The first kappa shape index (κ1) is 17.9. The molecule has 0 spiro atoms. The predicted molar refractivity (Wildman–Crippen MR) is 105 cm³/mol. The molecule has 4 nitrogen and oxygen atoms in total. The van der Waals surface area contributed by atoms with Gasteiger partial charge in [0.15, 0.2) is 11.5 Å². The number of aryl methyl sites for hydroxylation is 2. The van der Waals surface area contributed by atoms with E-state index < -0.39 is 0 Å². The maximum absolute atomic E-state index is 12.9. The number of ether oxygens (including phenoxy) is 2. The molecule has 2 heterocycles. The number of carbonyl (C=O) groups is 1. The molecule has 0 saturated carbocycles. The van der Waals surface area contributed by atoms with Crippen molar-refractivity contribution in [3.05, 3.63) is 59.2 Å². The number of likely N-dealkylation sites (tertiary alicyclic amines) is 1. The summed E-state index contributed by atoms with van der Waals surface area (Å²) in [5.74, 6) is 1.86. The van der Waals surface area contributed by atoms with Crippen LogP contribution in [0.15, 0.2) is 42.5 Å². The first-order valence-electron chi connectivity index (χ1n) is 9.95. The van der Waals surface area contributed by atoms with Gasteiger partial charge in [0, 0.05) is 19.4 Å². The Morgan fingerprint density at radius 2 is 1.81 bits per heavy atom. The summed E-state index contributed by atoms with van der Waals surface area (Å²) in [4.78, 5) is 14.9. The van der Waals surface area contributed by atoms with Gasteiger partial charge in [0.1, 0.15) is 0 Å². The summed E-state index contributed by atoms with van der Waals surface area (Å²) in [6, 6.07) is 14.7. The van der Waals surface area contributed by atoms with E-state index in [1.807, 2.05) is 11.0 Å². The summed E-state index contributed by atoms with van der Waals surface area (Å²) >= 11 is 0. The average Bonchev–Trinajstić information content (AvgIpc) is 3.06. The smallest absolute Gasteiger partial charge is 0.223 e. The molecule has 2 aliphatic heterocycles. The Balaban J connectivity index is 1.44. The topological polar surface area (TPSA) is 38.8 Å². The van der Waals surface area contributed by atoms with E-state index in [-0.39, 0.29) is 11.9 Å². The van der Waals surface area contributed by atoms with Crippen molar-refractivity contribution >= 4 is 5.91 Å². The number of fused-ring (bicyclic) bond motifs is 1. The Bertz CT molecular complexity index is 800. The van der Waals surface area contributed by atoms with Crippen LogP contribution in [0.25, 0.3) is 0 Å². The van der Waals surface area contributed by atoms with Crippen LogP contribution in [-0.4, -0.2) is 30.6 Å². The van der Waals surface area contributed by atoms with Gasteiger partial charge in [0.25, 0.3) is 0 Å². The molecule has 27 heavy (non-hydrogen) atoms. The van der Waals surface area contributed by atoms with E-state index in [2.05, 4.69) is 43.3 Å². The van der Waals surface area contributed by atoms with Gasteiger partial charge in [-0.25, -0.2) is 0 Å². The highest BCUT2D eigenvalue weighted by Crippen LogP contribution is 2.38. The van der Waals surface area contributed by atoms with E-state index in [0.29, 0.717) is 19.6 Å². The molecule has 0 N–H and O–H groups in total. The summed E-state index contributed by atoms with van der Waals surface area (Å²) in [5.41, 5.74) is 3.62. The molecule has 1 unspecified atom stereocenters. The second-order valence-electron chi connectivity index (χ2n) is 7.49. The van der Waals surface area contributed by atoms with Crippen LogP contribution < -0.4 is 9.47 Å². The lowest BCUT2D eigenvalue weighted by Gasteiger charge is -2.26. The normalized spacial score (nSPS) is 19.0. The molecule has 0 aliphatic carbocycles. The SMILES string of the molecule is Cc1ccc(CCC(=O)N2CCCC2c2ccc3c(c2)OCCCO3)cc1. The zero-order valence-electron chi connectivity index (χ0n) is 15.9. The fourth-order valence-electron chi connectivity index (χ4n) is 3.95. The molecule has 1 amide bonds. The van der Waals surface area contributed by atoms with Crippen LogP contribution in [0.5, 0.6) is 11.5 Å². The third-order valence-corrected chi connectivity index (χ3v) is 5.48. The van der Waals surface area contributed by atoms with Crippen molar-refractivity contribution in [2.75, 3.05) is 19.8 Å². The highest BCUT2D eigenvalue weighted by Gasteiger charge is 2.30. The molecule has 0 bridgehead atoms. The van der Waals surface area contributed by atoms with Crippen LogP contribution in [-0.2, 0) is 11.2 Å². The Hall–Kier alpha value is -2.49. The first-order valence-corrected chi connectivity index (χ1v) is 9.95. The van der Waals surface area contributed by atoms with Crippen molar-refractivity contribution in [1.29, 1.82) is 0 Å². The van der Waals surface area contributed by atoms with Crippen LogP contribution in [0, 0.1) is 6.92 Å². The average molecular weight is 365 g/mol. The maximum Gasteiger partial charge on any atom is 0.223 e. The minimum Gasteiger partial charge on any atom is -0.490 e. The van der Waals surface area contributed by atoms with Gasteiger partial charge in [-0.15, -0.1) is 0 Å². The van der Waals surface area contributed by atoms with Gasteiger partial charge < -0.3 is 14.4 Å². The lowest BCUT2D eigenvalue weighted by Crippen LogP contribution is -2.30. The van der Waals surface area contributed by atoms with Gasteiger partial charge in [-0.2, -0.15) is 0 Å². The van der Waals surface area contributed by atoms with Gasteiger partial charge in [-0.1, -0.05) is 35.9 Å². The fraction of sp³-hybridized carbons (Fsp3) is 0.435. The van der Waals surface area contributed by atoms with Gasteiger partial charge in [0.05, 0.1) is 19.3 Å². The van der Waals surface area contributed by atoms with Gasteiger partial charge in [-0.3, -0.25) is 4.79 Å². The molecule has 0 aromatic heterocycles. The lowest BCUT2D eigenvalue weighted by molar-refractivity contribution is -0.132. The summed E-state index contributed by atoms with van der Waals surface area (Å²) < 4.78 is 11.6. The molecule has 1 atom stereocenters. The number of rotatable bonds is 4. The Morgan fingerprint density at radius 1 is 1.04 bits per heavy atom. The summed E-state index contributed by atoms with van der Waals surface area (Å²) in [6.45, 7) is 4.30. The van der Waals surface area contributed by atoms with E-state index >= 15 is 0 Å². The fourth-order valence-corrected chi connectivity index (χ4v) is 3.95. The van der Waals surface area contributed by atoms with Crippen molar-refractivity contribution in [1.82, 2.24) is 4.90 Å². The second kappa shape index (κ2) is 8.03. The Morgan fingerprint density at radius 3 is 2.63 bits per heavy atom. The van der Waals surface area contributed by atoms with E-state index in [4.69, 9.17) is 9.47 Å². The third-order valence-electron chi connectivity index (χ3n) is 5.48. The summed E-state index contributed by atoms with van der Waals surface area (Å²) in [7, 11) is 0. The number of carbonyl (C=O) groups excluding carboxylic acids is 1. The number of benzene rings is 2. The monoisotopic (exact) mass is 365 g/mol. The van der Waals surface area contributed by atoms with Crippen molar-refractivity contribution in [3.8, 4) is 11.5 Å². The standard InChI is InChI=1S/C23H27NO3/c1-17-5-7-18(8-6-17)9-12-23(25)24-13-2-4-20(24)19-10-11-21-22(16-19)27-15-3-14-26-21/h5-8,10-11,16,20H,2-4,9,12-15H2,1H3. The van der Waals surface area contributed by atoms with Crippen LogP contribution in [0.2, 0.25) is 0 Å². The van der Waals surface area contributed by atoms with E-state index in [9.17, 15) is 4.79 Å². The molecular formula is C23H27NO3. The largest absolute Gasteiger partial charge is 0.490 e. The van der Waals surface area contributed by atoms with Gasteiger partial charge in [-0.05, 0) is 49.4 Å². The minimum atomic E-state index is 0.146. The zero-order valence-corrected chi connectivity index (χ0v) is 15.9. The van der Waals surface area contributed by atoms with E-state index in [1.165, 1.54) is 11.1 Å². The van der Waals surface area contributed by atoms with Crippen LogP contribution in [0.4, 0.5) is 0 Å². The first-order chi connectivity index (χ1) is 13.2. The summed E-state index contributed by atoms with van der Waals surface area (Å²) in [5, 5.41) is 0. The summed E-state index contributed by atoms with van der Waals surface area (Å²) in [6.07, 6.45) is 4.32. The predicted octanol–water partition coefficient (Wildman–Crippen LogP) is 4.45. The van der Waals surface area contributed by atoms with E-state index in [1.54, 1.807) is 0 Å². The highest BCUT2D eigenvalue weighted by molar-refractivity contribution is 5.77. The van der Waals surface area contributed by atoms with Crippen LogP contribution >= 0.6 is 0 Å². The van der Waals surface area contributed by atoms with Gasteiger partial charge >= 0.3 is 0 Å². The number of hydrogen-bond acceptors (Lipinski definition) is 3. The van der Waals surface area contributed by atoms with Gasteiger partial charge in [0.2, 0.25) is 5.91 Å². The third kappa shape index (κ3) is 4.10. The van der Waals surface area contributed by atoms with Crippen molar-refractivity contribution in [2.45, 2.75) is 45.1 Å². The molecule has 142 valence electrons. The molecule has 0 radical (unpaired) electrons. The second-order valence-corrected chi connectivity index (χ2v) is 7.49. The number of amides is 1. The Kier molecular flexibility index (Phi) is 5.33. The van der Waals surface area contributed by atoms with Crippen molar-refractivity contribution in [3.63, 3.8) is 0 Å². The molecular weight excluding hydrogens is 338 g/mol. The molecule has 1 saturated heterocycles. The minimum absolute atomic E-state index is 0.146. The maximum atomic E-state index is 12.9. The number of nitrogens with zero attached hydrogens (tertiary/aromatic N) is 1. The quantitative estimate of drug-likeness (QED) is 0.803. The molecule has 2 aromatic carbocycles. The highest BCUT2D eigenvalue weighted by atomic mass is 16.5. The zero-order chi connectivity index (χ0) is 18.6. The lowest BCUT2D eigenvalue weighted by atomic mass is 10.0. The van der Waals surface area contributed by atoms with Crippen LogP contribution in [0.3, 0.4) is 0 Å². The molecule has 4 rings (SSSR count). The van der Waals surface area contributed by atoms with E-state index in [0.717, 1.165) is 49.3 Å². The molecule has 4 heteroatoms. The Labute approximate surface area is 161 Å².